The molecule has 0 bridgehead atoms. The summed E-state index contributed by atoms with van der Waals surface area (Å²) in [7, 11) is -3.82. The van der Waals surface area contributed by atoms with Gasteiger partial charge in [-0.2, -0.15) is 0 Å². The molecule has 2 aromatic carbocycles. The molecular formula is C23H15Cl2N3O4S2. The van der Waals surface area contributed by atoms with Crippen molar-refractivity contribution in [2.75, 3.05) is 5.75 Å². The molecule has 0 atom stereocenters. The third-order valence-corrected chi connectivity index (χ3v) is 9.44. The van der Waals surface area contributed by atoms with Crippen molar-refractivity contribution < 1.29 is 13.2 Å². The fourth-order valence-electron chi connectivity index (χ4n) is 3.69. The number of ketones is 1. The van der Waals surface area contributed by atoms with Crippen LogP contribution in [0.15, 0.2) is 70.1 Å². The van der Waals surface area contributed by atoms with Crippen LogP contribution in [0.2, 0.25) is 9.36 Å². The third-order valence-electron chi connectivity index (χ3n) is 5.34. The van der Waals surface area contributed by atoms with Crippen LogP contribution in [0.4, 0.5) is 0 Å². The van der Waals surface area contributed by atoms with Crippen LogP contribution in [-0.2, 0) is 21.1 Å². The largest absolute Gasteiger partial charge is 0.345 e. The average molecular weight is 532 g/mol. The molecule has 0 aliphatic rings. The Bertz CT molecular complexity index is 1720. The van der Waals surface area contributed by atoms with Gasteiger partial charge in [-0.15, -0.1) is 11.3 Å². The van der Waals surface area contributed by atoms with Crippen LogP contribution in [0.25, 0.3) is 27.5 Å². The fourth-order valence-corrected chi connectivity index (χ4v) is 6.90. The molecule has 0 radical (unpaired) electrons. The summed E-state index contributed by atoms with van der Waals surface area (Å²) in [4.78, 5) is 32.7. The van der Waals surface area contributed by atoms with Gasteiger partial charge < -0.3 is 4.98 Å². The lowest BCUT2D eigenvalue weighted by Gasteiger charge is -2.09. The van der Waals surface area contributed by atoms with Crippen LogP contribution in [0.5, 0.6) is 0 Å². The quantitative estimate of drug-likeness (QED) is 0.338. The van der Waals surface area contributed by atoms with Gasteiger partial charge in [0.05, 0.1) is 22.4 Å². The van der Waals surface area contributed by atoms with Gasteiger partial charge in [0.2, 0.25) is 0 Å². The first kappa shape index (κ1) is 22.8. The first-order valence-electron chi connectivity index (χ1n) is 9.98. The van der Waals surface area contributed by atoms with E-state index in [0.717, 1.165) is 22.2 Å². The number of carbonyl (C=O) groups excluding carboxylic acids is 1. The number of H-pyrrole nitrogens is 1. The summed E-state index contributed by atoms with van der Waals surface area (Å²) < 4.78 is 26.6. The SMILES string of the molecule is O=C(Cc1ccc(-n2ccc3cc4[nH]cnc4cc3c2=O)cc1)CS(=O)(=O)c1cc(Cl)c(Cl)s1. The second-order valence-electron chi connectivity index (χ2n) is 7.68. The number of hydrogen-bond donors (Lipinski definition) is 1. The standard InChI is InChI=1S/C23H15Cl2N3O4S2/c24-18-10-21(33-22(18)25)34(31,32)11-16(29)7-13-1-3-15(4-2-13)28-6-5-14-8-19-20(27-12-26-19)9-17(14)23(28)30/h1-6,8-10,12H,7,11H2,(H,26,27). The number of benzene rings is 2. The number of fused-ring (bicyclic) bond motifs is 2. The Kier molecular flexibility index (Phi) is 5.81. The average Bonchev–Trinajstić information content (AvgIpc) is 3.39. The maximum atomic E-state index is 13.1. The minimum absolute atomic E-state index is 0.0333. The summed E-state index contributed by atoms with van der Waals surface area (Å²) in [5.41, 5.74) is 2.63. The predicted molar refractivity (Wildman–Crippen MR) is 134 cm³/mol. The number of pyridine rings is 1. The highest BCUT2D eigenvalue weighted by atomic mass is 35.5. The molecule has 0 amide bonds. The van der Waals surface area contributed by atoms with Crippen molar-refractivity contribution in [3.8, 4) is 5.69 Å². The lowest BCUT2D eigenvalue weighted by atomic mass is 10.1. The van der Waals surface area contributed by atoms with Crippen molar-refractivity contribution >= 4 is 72.0 Å². The summed E-state index contributed by atoms with van der Waals surface area (Å²) in [5.74, 6) is -1.10. The number of aromatic amines is 1. The van der Waals surface area contributed by atoms with E-state index >= 15 is 0 Å². The van der Waals surface area contributed by atoms with Gasteiger partial charge in [0.1, 0.15) is 14.3 Å². The molecule has 0 fully saturated rings. The van der Waals surface area contributed by atoms with E-state index in [9.17, 15) is 18.0 Å². The van der Waals surface area contributed by atoms with Gasteiger partial charge in [0.25, 0.3) is 5.56 Å². The highest BCUT2D eigenvalue weighted by molar-refractivity contribution is 7.94. The van der Waals surface area contributed by atoms with Crippen molar-refractivity contribution in [3.05, 3.63) is 86.3 Å². The summed E-state index contributed by atoms with van der Waals surface area (Å²) in [6.07, 6.45) is 3.21. The third kappa shape index (κ3) is 4.27. The Labute approximate surface area is 207 Å². The second-order valence-corrected chi connectivity index (χ2v) is 12.0. The van der Waals surface area contributed by atoms with Crippen LogP contribution in [0.3, 0.4) is 0 Å². The highest BCUT2D eigenvalue weighted by Crippen LogP contribution is 2.34. The lowest BCUT2D eigenvalue weighted by Crippen LogP contribution is -2.18. The Morgan fingerprint density at radius 3 is 2.56 bits per heavy atom. The van der Waals surface area contributed by atoms with Crippen molar-refractivity contribution in [2.24, 2.45) is 0 Å². The Balaban J connectivity index is 1.36. The maximum absolute atomic E-state index is 13.1. The summed E-state index contributed by atoms with van der Waals surface area (Å²) in [6, 6.07) is 13.6. The van der Waals surface area contributed by atoms with Gasteiger partial charge in [0.15, 0.2) is 15.6 Å². The molecule has 34 heavy (non-hydrogen) atoms. The van der Waals surface area contributed by atoms with Crippen molar-refractivity contribution in [1.82, 2.24) is 14.5 Å². The Morgan fingerprint density at radius 1 is 1.09 bits per heavy atom. The van der Waals surface area contributed by atoms with E-state index in [1.807, 2.05) is 12.1 Å². The molecule has 0 aliphatic carbocycles. The first-order chi connectivity index (χ1) is 16.2. The van der Waals surface area contributed by atoms with Gasteiger partial charge in [-0.1, -0.05) is 35.3 Å². The van der Waals surface area contributed by atoms with E-state index < -0.39 is 21.4 Å². The van der Waals surface area contributed by atoms with Gasteiger partial charge in [0, 0.05) is 23.7 Å². The molecule has 5 aromatic rings. The van der Waals surface area contributed by atoms with Crippen molar-refractivity contribution in [2.45, 2.75) is 10.6 Å². The number of rotatable bonds is 6. The van der Waals surface area contributed by atoms with Gasteiger partial charge in [-0.25, -0.2) is 13.4 Å². The number of halogens is 2. The molecule has 11 heteroatoms. The van der Waals surface area contributed by atoms with Crippen LogP contribution in [0, 0.1) is 0 Å². The number of hydrogen-bond acceptors (Lipinski definition) is 6. The number of carbonyl (C=O) groups is 1. The molecule has 7 nitrogen and oxygen atoms in total. The van der Waals surface area contributed by atoms with Crippen LogP contribution < -0.4 is 5.56 Å². The number of Topliss-reactive ketones (excluding diaryl/α,β-unsaturated/α-hetero) is 1. The van der Waals surface area contributed by atoms with E-state index in [0.29, 0.717) is 22.2 Å². The number of thiophene rings is 1. The predicted octanol–water partition coefficient (Wildman–Crippen LogP) is 4.82. The zero-order valence-electron chi connectivity index (χ0n) is 17.3. The molecule has 172 valence electrons. The normalized spacial score (nSPS) is 11.9. The fraction of sp³-hybridized carbons (Fsp3) is 0.0870. The van der Waals surface area contributed by atoms with E-state index in [-0.39, 0.29) is 25.5 Å². The number of imidazole rings is 1. The smallest absolute Gasteiger partial charge is 0.263 e. The molecule has 0 aliphatic heterocycles. The molecule has 0 saturated heterocycles. The molecule has 3 heterocycles. The molecule has 5 rings (SSSR count). The zero-order valence-corrected chi connectivity index (χ0v) is 20.4. The molecule has 3 aromatic heterocycles. The van der Waals surface area contributed by atoms with Gasteiger partial charge in [-0.05, 0) is 47.3 Å². The number of sulfone groups is 1. The Hall–Kier alpha value is -2.98. The molecular weight excluding hydrogens is 517 g/mol. The molecule has 0 saturated carbocycles. The minimum Gasteiger partial charge on any atom is -0.345 e. The second kappa shape index (κ2) is 8.66. The van der Waals surface area contributed by atoms with E-state index in [1.54, 1.807) is 42.9 Å². The van der Waals surface area contributed by atoms with Crippen molar-refractivity contribution in [1.29, 1.82) is 0 Å². The summed E-state index contributed by atoms with van der Waals surface area (Å²) in [6.45, 7) is 0. The highest BCUT2D eigenvalue weighted by Gasteiger charge is 2.23. The maximum Gasteiger partial charge on any atom is 0.263 e. The molecule has 0 unspecified atom stereocenters. The number of nitrogens with zero attached hydrogens (tertiary/aromatic N) is 2. The number of aromatic nitrogens is 3. The molecule has 1 N–H and O–H groups in total. The van der Waals surface area contributed by atoms with E-state index in [2.05, 4.69) is 9.97 Å². The minimum atomic E-state index is -3.82. The van der Waals surface area contributed by atoms with Crippen LogP contribution in [-0.4, -0.2) is 34.5 Å². The van der Waals surface area contributed by atoms with E-state index in [1.165, 1.54) is 10.6 Å². The lowest BCUT2D eigenvalue weighted by molar-refractivity contribution is -0.116. The topological polar surface area (TPSA) is 102 Å². The van der Waals surface area contributed by atoms with Crippen molar-refractivity contribution in [3.63, 3.8) is 0 Å². The number of nitrogens with one attached hydrogen (secondary N) is 1. The Morgan fingerprint density at radius 2 is 1.85 bits per heavy atom. The summed E-state index contributed by atoms with van der Waals surface area (Å²) in [5, 5.41) is 1.49. The van der Waals surface area contributed by atoms with E-state index in [4.69, 9.17) is 23.2 Å². The van der Waals surface area contributed by atoms with Gasteiger partial charge in [-0.3, -0.25) is 14.2 Å². The monoisotopic (exact) mass is 531 g/mol. The molecule has 0 spiro atoms. The van der Waals surface area contributed by atoms with Gasteiger partial charge >= 0.3 is 0 Å². The summed E-state index contributed by atoms with van der Waals surface area (Å²) >= 11 is 12.5. The van der Waals surface area contributed by atoms with Crippen LogP contribution >= 0.6 is 34.5 Å². The first-order valence-corrected chi connectivity index (χ1v) is 13.2. The zero-order chi connectivity index (χ0) is 24.0. The van der Waals surface area contributed by atoms with Crippen LogP contribution in [0.1, 0.15) is 5.56 Å².